The summed E-state index contributed by atoms with van der Waals surface area (Å²) in [6.45, 7) is 4.53. The maximum absolute atomic E-state index is 12.1. The summed E-state index contributed by atoms with van der Waals surface area (Å²) in [6, 6.07) is 4.70. The normalized spacial score (nSPS) is 14.2. The Bertz CT molecular complexity index is 714. The first-order valence-corrected chi connectivity index (χ1v) is 7.60. The number of carbonyl (C=O) groups excluding carboxylic acids is 1. The first-order chi connectivity index (χ1) is 10.8. The van der Waals surface area contributed by atoms with Gasteiger partial charge in [-0.05, 0) is 38.1 Å². The fourth-order valence-electron chi connectivity index (χ4n) is 2.15. The summed E-state index contributed by atoms with van der Waals surface area (Å²) >= 11 is 5.77. The maximum atomic E-state index is 12.1. The second-order valence-corrected chi connectivity index (χ2v) is 6.27. The van der Waals surface area contributed by atoms with E-state index in [1.807, 2.05) is 37.1 Å². The van der Waals surface area contributed by atoms with Crippen LogP contribution in [0.25, 0.3) is 0 Å². The summed E-state index contributed by atoms with van der Waals surface area (Å²) < 4.78 is 0. The summed E-state index contributed by atoms with van der Waals surface area (Å²) in [7, 11) is 0. The lowest BCUT2D eigenvalue weighted by atomic mass is 10.0. The quantitative estimate of drug-likeness (QED) is 0.835. The van der Waals surface area contributed by atoms with Gasteiger partial charge < -0.3 is 15.3 Å². The number of amides is 1. The molecule has 2 N–H and O–H groups in total. The Morgan fingerprint density at radius 2 is 2.26 bits per heavy atom. The van der Waals surface area contributed by atoms with Gasteiger partial charge in [-0.1, -0.05) is 23.6 Å². The summed E-state index contributed by atoms with van der Waals surface area (Å²) in [5.74, 6) is 2.54. The van der Waals surface area contributed by atoms with Crippen LogP contribution < -0.4 is 5.32 Å². The van der Waals surface area contributed by atoms with Crippen LogP contribution in [0.15, 0.2) is 42.2 Å². The van der Waals surface area contributed by atoms with Gasteiger partial charge in [0.15, 0.2) is 0 Å². The van der Waals surface area contributed by atoms with E-state index in [1.165, 1.54) is 6.07 Å². The fourth-order valence-corrected chi connectivity index (χ4v) is 2.32. The number of allylic oxidation sites excluding steroid dienone is 1. The average Bonchev–Trinajstić information content (AvgIpc) is 2.50. The van der Waals surface area contributed by atoms with Crippen LogP contribution in [0.3, 0.4) is 0 Å². The molecule has 0 unspecified atom stereocenters. The molecule has 0 atom stereocenters. The number of nitrogens with zero attached hydrogens (tertiary/aromatic N) is 1. The third-order valence-corrected chi connectivity index (χ3v) is 3.93. The molecule has 4 nitrogen and oxygen atoms in total. The van der Waals surface area contributed by atoms with Crippen LogP contribution in [0.4, 0.5) is 0 Å². The summed E-state index contributed by atoms with van der Waals surface area (Å²) in [6.07, 6.45) is 11.2. The molecule has 1 amide bonds. The third-order valence-electron chi connectivity index (χ3n) is 3.70. The number of aromatic hydroxyl groups is 1. The van der Waals surface area contributed by atoms with Crippen molar-refractivity contribution in [2.24, 2.45) is 0 Å². The Kier molecular flexibility index (Phi) is 5.02. The number of rotatable bonds is 4. The topological polar surface area (TPSA) is 52.6 Å². The molecule has 0 aromatic heterocycles. The minimum Gasteiger partial charge on any atom is -0.508 e. The van der Waals surface area contributed by atoms with Gasteiger partial charge in [0, 0.05) is 29.0 Å². The smallest absolute Gasteiger partial charge is 0.228 e. The Hall–Kier alpha value is -2.38. The first kappa shape index (κ1) is 17.0. The minimum atomic E-state index is -0.377. The zero-order chi connectivity index (χ0) is 17.0. The molecule has 0 bridgehead atoms. The van der Waals surface area contributed by atoms with E-state index in [0.717, 1.165) is 0 Å². The van der Waals surface area contributed by atoms with Crippen LogP contribution in [-0.4, -0.2) is 28.0 Å². The molecule has 120 valence electrons. The molecule has 0 spiro atoms. The predicted octanol–water partition coefficient (Wildman–Crippen LogP) is 2.83. The van der Waals surface area contributed by atoms with Crippen molar-refractivity contribution in [1.82, 2.24) is 10.2 Å². The van der Waals surface area contributed by atoms with Gasteiger partial charge in [0.25, 0.3) is 0 Å². The van der Waals surface area contributed by atoms with Crippen molar-refractivity contribution in [3.8, 4) is 18.1 Å². The van der Waals surface area contributed by atoms with Crippen molar-refractivity contribution in [3.63, 3.8) is 0 Å². The largest absolute Gasteiger partial charge is 0.508 e. The lowest BCUT2D eigenvalue weighted by molar-refractivity contribution is -0.119. The highest BCUT2D eigenvalue weighted by Gasteiger charge is 2.22. The van der Waals surface area contributed by atoms with Gasteiger partial charge in [-0.25, -0.2) is 0 Å². The summed E-state index contributed by atoms with van der Waals surface area (Å²) in [4.78, 5) is 14.1. The molecule has 1 aromatic carbocycles. The number of phenolic OH excluding ortho intramolecular Hbond substituents is 1. The number of hydrogen-bond acceptors (Lipinski definition) is 3. The maximum Gasteiger partial charge on any atom is 0.228 e. The molecule has 0 saturated heterocycles. The monoisotopic (exact) mass is 330 g/mol. The molecule has 0 radical (unpaired) electrons. The number of terminal acetylenes is 1. The van der Waals surface area contributed by atoms with Gasteiger partial charge in [-0.15, -0.1) is 6.42 Å². The summed E-state index contributed by atoms with van der Waals surface area (Å²) in [5.41, 5.74) is 0.868. The zero-order valence-electron chi connectivity index (χ0n) is 13.1. The van der Waals surface area contributed by atoms with Crippen molar-refractivity contribution in [3.05, 3.63) is 52.8 Å². The predicted molar refractivity (Wildman–Crippen MR) is 91.8 cm³/mol. The highest BCUT2D eigenvalue weighted by Crippen LogP contribution is 2.22. The molecular weight excluding hydrogens is 312 g/mol. The van der Waals surface area contributed by atoms with E-state index in [0.29, 0.717) is 22.8 Å². The molecule has 0 saturated carbocycles. The van der Waals surface area contributed by atoms with E-state index >= 15 is 0 Å². The van der Waals surface area contributed by atoms with Crippen LogP contribution in [0.5, 0.6) is 5.75 Å². The Balaban J connectivity index is 1.95. The van der Waals surface area contributed by atoms with E-state index in [4.69, 9.17) is 18.0 Å². The molecule has 0 aliphatic carbocycles. The molecule has 23 heavy (non-hydrogen) atoms. The number of benzene rings is 1. The van der Waals surface area contributed by atoms with Gasteiger partial charge in [0.2, 0.25) is 5.91 Å². The van der Waals surface area contributed by atoms with Gasteiger partial charge in [-0.2, -0.15) is 0 Å². The summed E-state index contributed by atoms with van der Waals surface area (Å²) in [5, 5.41) is 13.0. The van der Waals surface area contributed by atoms with Crippen LogP contribution >= 0.6 is 11.6 Å². The average molecular weight is 331 g/mol. The van der Waals surface area contributed by atoms with Crippen molar-refractivity contribution in [1.29, 1.82) is 0 Å². The zero-order valence-corrected chi connectivity index (χ0v) is 13.9. The van der Waals surface area contributed by atoms with E-state index in [1.54, 1.807) is 12.1 Å². The third kappa shape index (κ3) is 4.30. The van der Waals surface area contributed by atoms with Gasteiger partial charge in [0.1, 0.15) is 5.75 Å². The van der Waals surface area contributed by atoms with Crippen molar-refractivity contribution >= 4 is 17.5 Å². The SMILES string of the molecule is C#CC(C)(C)N1C=CC(NC(=O)Cc2ccc(Cl)cc2O)=CC1. The van der Waals surface area contributed by atoms with E-state index in [2.05, 4.69) is 11.2 Å². The number of nitrogens with one attached hydrogen (secondary N) is 1. The van der Waals surface area contributed by atoms with Crippen LogP contribution in [-0.2, 0) is 11.2 Å². The molecule has 1 aliphatic rings. The van der Waals surface area contributed by atoms with Crippen LogP contribution in [0.1, 0.15) is 19.4 Å². The van der Waals surface area contributed by atoms with Gasteiger partial charge in [0.05, 0.1) is 12.0 Å². The van der Waals surface area contributed by atoms with E-state index in [9.17, 15) is 9.90 Å². The van der Waals surface area contributed by atoms with E-state index in [-0.39, 0.29) is 23.6 Å². The number of hydrogen-bond donors (Lipinski definition) is 2. The van der Waals surface area contributed by atoms with E-state index < -0.39 is 0 Å². The van der Waals surface area contributed by atoms with Crippen LogP contribution in [0, 0.1) is 12.3 Å². The fraction of sp³-hybridized carbons (Fsp3) is 0.278. The highest BCUT2D eigenvalue weighted by molar-refractivity contribution is 6.30. The first-order valence-electron chi connectivity index (χ1n) is 7.22. The van der Waals surface area contributed by atoms with Crippen molar-refractivity contribution in [2.45, 2.75) is 25.8 Å². The Labute approximate surface area is 141 Å². The number of halogens is 1. The number of carbonyl (C=O) groups is 1. The standard InChI is InChI=1S/C18H19ClN2O2/c1-4-18(2,3)21-9-7-15(8-10-21)20-17(23)11-13-5-6-14(19)12-16(13)22/h1,5-9,12,22H,10-11H2,2-3H3,(H,20,23). The highest BCUT2D eigenvalue weighted by atomic mass is 35.5. The second kappa shape index (κ2) is 6.80. The second-order valence-electron chi connectivity index (χ2n) is 5.83. The minimum absolute atomic E-state index is 0.0164. The molecule has 1 aromatic rings. The molecule has 5 heteroatoms. The lowest BCUT2D eigenvalue weighted by Gasteiger charge is -2.34. The van der Waals surface area contributed by atoms with Crippen molar-refractivity contribution in [2.75, 3.05) is 6.54 Å². The Morgan fingerprint density at radius 3 is 2.83 bits per heavy atom. The lowest BCUT2D eigenvalue weighted by Crippen LogP contribution is -2.40. The van der Waals surface area contributed by atoms with Gasteiger partial charge >= 0.3 is 0 Å². The van der Waals surface area contributed by atoms with Crippen LogP contribution in [0.2, 0.25) is 5.02 Å². The molecule has 1 aliphatic heterocycles. The molecular formula is C18H19ClN2O2. The molecule has 2 rings (SSSR count). The van der Waals surface area contributed by atoms with Gasteiger partial charge in [-0.3, -0.25) is 4.79 Å². The van der Waals surface area contributed by atoms with Crippen molar-refractivity contribution < 1.29 is 9.90 Å². The molecule has 0 fully saturated rings. The number of phenols is 1. The molecule has 1 heterocycles. The Morgan fingerprint density at radius 1 is 1.52 bits per heavy atom.